The summed E-state index contributed by atoms with van der Waals surface area (Å²) in [6.07, 6.45) is 2.93. The smallest absolute Gasteiger partial charge is 0.244 e. The maximum absolute atomic E-state index is 11.7. The Bertz CT molecular complexity index is 703. The molecule has 0 spiro atoms. The SMILES string of the molecule is COCC(O)CCNC(=O)/C=C/c1ccc2ccc(Cl)cc2n1. The summed E-state index contributed by atoms with van der Waals surface area (Å²) in [5.41, 5.74) is 1.46. The number of benzene rings is 1. The van der Waals surface area contributed by atoms with E-state index in [9.17, 15) is 9.90 Å². The lowest BCUT2D eigenvalue weighted by Crippen LogP contribution is -2.27. The number of ether oxygens (including phenoxy) is 1. The molecule has 1 heterocycles. The van der Waals surface area contributed by atoms with E-state index in [4.69, 9.17) is 16.3 Å². The van der Waals surface area contributed by atoms with Crippen molar-refractivity contribution in [3.05, 3.63) is 47.1 Å². The van der Waals surface area contributed by atoms with Gasteiger partial charge in [0, 0.05) is 30.1 Å². The molecular formula is C17H19ClN2O3. The molecule has 23 heavy (non-hydrogen) atoms. The topological polar surface area (TPSA) is 71.5 Å². The number of carbonyl (C=O) groups is 1. The Morgan fingerprint density at radius 3 is 3.00 bits per heavy atom. The van der Waals surface area contributed by atoms with Crippen molar-refractivity contribution in [2.75, 3.05) is 20.3 Å². The Kier molecular flexibility index (Phi) is 6.52. The largest absolute Gasteiger partial charge is 0.391 e. The number of carbonyl (C=O) groups excluding carboxylic acids is 1. The highest BCUT2D eigenvalue weighted by molar-refractivity contribution is 6.31. The molecule has 0 saturated carbocycles. The zero-order valence-corrected chi connectivity index (χ0v) is 13.6. The van der Waals surface area contributed by atoms with E-state index in [0.717, 1.165) is 10.9 Å². The highest BCUT2D eigenvalue weighted by atomic mass is 35.5. The van der Waals surface area contributed by atoms with Gasteiger partial charge in [-0.15, -0.1) is 0 Å². The van der Waals surface area contributed by atoms with Gasteiger partial charge in [0.05, 0.1) is 23.9 Å². The average Bonchev–Trinajstić information content (AvgIpc) is 2.52. The first kappa shape index (κ1) is 17.4. The number of fused-ring (bicyclic) bond motifs is 1. The number of hydrogen-bond acceptors (Lipinski definition) is 4. The Balaban J connectivity index is 1.90. The van der Waals surface area contributed by atoms with Crippen LogP contribution < -0.4 is 5.32 Å². The lowest BCUT2D eigenvalue weighted by atomic mass is 10.2. The van der Waals surface area contributed by atoms with Crippen molar-refractivity contribution in [3.8, 4) is 0 Å². The van der Waals surface area contributed by atoms with Crippen molar-refractivity contribution >= 4 is 34.5 Å². The van der Waals surface area contributed by atoms with Crippen LogP contribution in [0.2, 0.25) is 5.02 Å². The molecule has 0 aliphatic rings. The van der Waals surface area contributed by atoms with Gasteiger partial charge in [-0.1, -0.05) is 23.7 Å². The van der Waals surface area contributed by atoms with Crippen LogP contribution in [0.15, 0.2) is 36.4 Å². The molecule has 1 atom stereocenters. The Morgan fingerprint density at radius 2 is 2.22 bits per heavy atom. The predicted octanol–water partition coefficient (Wildman–Crippen LogP) is 2.42. The van der Waals surface area contributed by atoms with Crippen LogP contribution in [0.1, 0.15) is 12.1 Å². The third-order valence-electron chi connectivity index (χ3n) is 3.22. The highest BCUT2D eigenvalue weighted by Crippen LogP contribution is 2.18. The van der Waals surface area contributed by atoms with Crippen LogP contribution in [0.4, 0.5) is 0 Å². The van der Waals surface area contributed by atoms with Crippen LogP contribution in [0.3, 0.4) is 0 Å². The van der Waals surface area contributed by atoms with E-state index < -0.39 is 6.10 Å². The summed E-state index contributed by atoms with van der Waals surface area (Å²) in [6.45, 7) is 0.643. The first-order valence-electron chi connectivity index (χ1n) is 7.27. The second kappa shape index (κ2) is 8.62. The number of methoxy groups -OCH3 is 1. The van der Waals surface area contributed by atoms with Crippen LogP contribution in [0.25, 0.3) is 17.0 Å². The average molecular weight is 335 g/mol. The molecule has 5 nitrogen and oxygen atoms in total. The summed E-state index contributed by atoms with van der Waals surface area (Å²) in [4.78, 5) is 16.1. The number of halogens is 1. The van der Waals surface area contributed by atoms with Crippen molar-refractivity contribution in [2.45, 2.75) is 12.5 Å². The molecular weight excluding hydrogens is 316 g/mol. The zero-order valence-electron chi connectivity index (χ0n) is 12.8. The van der Waals surface area contributed by atoms with Crippen LogP contribution >= 0.6 is 11.6 Å². The molecule has 0 radical (unpaired) electrons. The summed E-state index contributed by atoms with van der Waals surface area (Å²) >= 11 is 5.95. The molecule has 0 saturated heterocycles. The number of aliphatic hydroxyl groups is 1. The van der Waals surface area contributed by atoms with Crippen molar-refractivity contribution in [2.24, 2.45) is 0 Å². The molecule has 0 aliphatic carbocycles. The van der Waals surface area contributed by atoms with Crippen molar-refractivity contribution in [1.82, 2.24) is 10.3 Å². The molecule has 122 valence electrons. The number of hydrogen-bond donors (Lipinski definition) is 2. The van der Waals surface area contributed by atoms with E-state index in [1.165, 1.54) is 13.2 Å². The van der Waals surface area contributed by atoms with Crippen LogP contribution in [-0.2, 0) is 9.53 Å². The molecule has 1 amide bonds. The fourth-order valence-corrected chi connectivity index (χ4v) is 2.22. The van der Waals surface area contributed by atoms with Gasteiger partial charge in [-0.25, -0.2) is 4.98 Å². The molecule has 2 rings (SSSR count). The third-order valence-corrected chi connectivity index (χ3v) is 3.45. The molecule has 1 unspecified atom stereocenters. The fourth-order valence-electron chi connectivity index (χ4n) is 2.06. The summed E-state index contributed by atoms with van der Waals surface area (Å²) in [5, 5.41) is 13.8. The lowest BCUT2D eigenvalue weighted by molar-refractivity contribution is -0.116. The van der Waals surface area contributed by atoms with E-state index in [0.29, 0.717) is 23.7 Å². The number of pyridine rings is 1. The zero-order chi connectivity index (χ0) is 16.7. The second-order valence-electron chi connectivity index (χ2n) is 5.10. The van der Waals surface area contributed by atoms with Gasteiger partial charge in [-0.3, -0.25) is 4.79 Å². The number of rotatable bonds is 7. The lowest BCUT2D eigenvalue weighted by Gasteiger charge is -2.08. The van der Waals surface area contributed by atoms with Gasteiger partial charge in [0.2, 0.25) is 5.91 Å². The Hall–Kier alpha value is -1.95. The number of nitrogens with one attached hydrogen (secondary N) is 1. The number of nitrogens with zero attached hydrogens (tertiary/aromatic N) is 1. The first-order chi connectivity index (χ1) is 11.1. The third kappa shape index (κ3) is 5.63. The minimum absolute atomic E-state index is 0.234. The summed E-state index contributed by atoms with van der Waals surface area (Å²) < 4.78 is 4.82. The van der Waals surface area contributed by atoms with Crippen molar-refractivity contribution < 1.29 is 14.6 Å². The standard InChI is InChI=1S/C17H19ClN2O3/c1-23-11-15(21)8-9-19-17(22)7-6-14-5-3-12-2-4-13(18)10-16(12)20-14/h2-7,10,15,21H,8-9,11H2,1H3,(H,19,22)/b7-6+. The van der Waals surface area contributed by atoms with Gasteiger partial charge < -0.3 is 15.2 Å². The summed E-state index contributed by atoms with van der Waals surface area (Å²) in [6, 6.07) is 9.26. The highest BCUT2D eigenvalue weighted by Gasteiger charge is 2.03. The second-order valence-corrected chi connectivity index (χ2v) is 5.53. The monoisotopic (exact) mass is 334 g/mol. The first-order valence-corrected chi connectivity index (χ1v) is 7.65. The summed E-state index contributed by atoms with van der Waals surface area (Å²) in [5.74, 6) is -0.234. The normalized spacial score (nSPS) is 12.7. The molecule has 6 heteroatoms. The molecule has 0 fully saturated rings. The van der Waals surface area contributed by atoms with E-state index in [1.54, 1.807) is 12.1 Å². The predicted molar refractivity (Wildman–Crippen MR) is 91.3 cm³/mol. The van der Waals surface area contributed by atoms with E-state index in [-0.39, 0.29) is 12.5 Å². The van der Waals surface area contributed by atoms with Crippen molar-refractivity contribution in [3.63, 3.8) is 0 Å². The van der Waals surface area contributed by atoms with Gasteiger partial charge in [0.25, 0.3) is 0 Å². The molecule has 1 aromatic heterocycles. The minimum atomic E-state index is -0.573. The maximum Gasteiger partial charge on any atom is 0.244 e. The molecule has 0 aliphatic heterocycles. The van der Waals surface area contributed by atoms with Crippen molar-refractivity contribution in [1.29, 1.82) is 0 Å². The molecule has 2 N–H and O–H groups in total. The van der Waals surface area contributed by atoms with Crippen LogP contribution in [-0.4, -0.2) is 42.4 Å². The van der Waals surface area contributed by atoms with Crippen LogP contribution in [0.5, 0.6) is 0 Å². The van der Waals surface area contributed by atoms with E-state index in [2.05, 4.69) is 10.3 Å². The van der Waals surface area contributed by atoms with Gasteiger partial charge >= 0.3 is 0 Å². The quantitative estimate of drug-likeness (QED) is 0.763. The van der Waals surface area contributed by atoms with E-state index in [1.807, 2.05) is 24.3 Å². The van der Waals surface area contributed by atoms with E-state index >= 15 is 0 Å². The Morgan fingerprint density at radius 1 is 1.43 bits per heavy atom. The number of amides is 1. The fraction of sp³-hybridized carbons (Fsp3) is 0.294. The van der Waals surface area contributed by atoms with Gasteiger partial charge in [0.15, 0.2) is 0 Å². The van der Waals surface area contributed by atoms with Crippen LogP contribution in [0, 0.1) is 0 Å². The van der Waals surface area contributed by atoms with Gasteiger partial charge in [0.1, 0.15) is 0 Å². The number of aliphatic hydroxyl groups excluding tert-OH is 1. The van der Waals surface area contributed by atoms with Gasteiger partial charge in [-0.05, 0) is 30.7 Å². The van der Waals surface area contributed by atoms with Gasteiger partial charge in [-0.2, -0.15) is 0 Å². The Labute approximate surface area is 139 Å². The maximum atomic E-state index is 11.7. The summed E-state index contributed by atoms with van der Waals surface area (Å²) in [7, 11) is 1.52. The minimum Gasteiger partial charge on any atom is -0.391 e. The molecule has 1 aromatic carbocycles. The number of aromatic nitrogens is 1. The molecule has 0 bridgehead atoms. The molecule has 2 aromatic rings.